The Morgan fingerprint density at radius 1 is 1.11 bits per heavy atom. The number of nitrogens with zero attached hydrogens (tertiary/aromatic N) is 1. The van der Waals surface area contributed by atoms with Crippen LogP contribution in [0.1, 0.15) is 40.4 Å². The van der Waals surface area contributed by atoms with Gasteiger partial charge in [-0.2, -0.15) is 0 Å². The van der Waals surface area contributed by atoms with Crippen molar-refractivity contribution in [1.29, 1.82) is 0 Å². The van der Waals surface area contributed by atoms with Gasteiger partial charge in [0.2, 0.25) is 5.91 Å². The summed E-state index contributed by atoms with van der Waals surface area (Å²) in [5, 5.41) is 2.82. The third-order valence-electron chi connectivity index (χ3n) is 4.51. The Labute approximate surface area is 169 Å². The molecule has 0 aliphatic heterocycles. The fraction of sp³-hybridized carbons (Fsp3) is 0.429. The Kier molecular flexibility index (Phi) is 6.57. The normalized spacial score (nSPS) is 12.4. The van der Waals surface area contributed by atoms with E-state index in [1.54, 1.807) is 36.6 Å². The maximum Gasteiger partial charge on any atom is 0.264 e. The number of nitrogens with one attached hydrogen (secondary N) is 1. The van der Waals surface area contributed by atoms with Crippen LogP contribution in [0.15, 0.2) is 24.3 Å². The van der Waals surface area contributed by atoms with Crippen molar-refractivity contribution in [3.63, 3.8) is 0 Å². The van der Waals surface area contributed by atoms with E-state index in [0.29, 0.717) is 35.3 Å². The Morgan fingerprint density at radius 2 is 1.86 bits per heavy atom. The molecule has 0 fully saturated rings. The minimum Gasteiger partial charge on any atom is -0.490 e. The van der Waals surface area contributed by atoms with Crippen LogP contribution in [0, 0.1) is 0 Å². The molecule has 0 unspecified atom stereocenters. The molecule has 1 aliphatic rings. The molecule has 6 nitrogen and oxygen atoms in total. The second-order valence-corrected chi connectivity index (χ2v) is 7.79. The summed E-state index contributed by atoms with van der Waals surface area (Å²) in [5.74, 6) is 0.850. The van der Waals surface area contributed by atoms with Crippen LogP contribution in [0.5, 0.6) is 11.5 Å². The summed E-state index contributed by atoms with van der Waals surface area (Å²) in [5.41, 5.74) is 1.89. The van der Waals surface area contributed by atoms with E-state index in [0.717, 1.165) is 12.8 Å². The van der Waals surface area contributed by atoms with Gasteiger partial charge in [0.15, 0.2) is 11.5 Å². The van der Waals surface area contributed by atoms with Crippen molar-refractivity contribution < 1.29 is 19.1 Å². The highest BCUT2D eigenvalue weighted by molar-refractivity contribution is 7.14. The Balaban J connectivity index is 1.61. The molecule has 0 spiro atoms. The van der Waals surface area contributed by atoms with Crippen LogP contribution < -0.4 is 14.8 Å². The molecule has 0 radical (unpaired) electrons. The second kappa shape index (κ2) is 9.10. The van der Waals surface area contributed by atoms with Gasteiger partial charge in [0, 0.05) is 23.7 Å². The molecule has 1 aliphatic carbocycles. The first-order valence-corrected chi connectivity index (χ1v) is 10.4. The molecule has 1 aromatic heterocycles. The molecule has 150 valence electrons. The van der Waals surface area contributed by atoms with Crippen LogP contribution >= 0.6 is 11.3 Å². The first kappa shape index (κ1) is 20.2. The van der Waals surface area contributed by atoms with Crippen molar-refractivity contribution >= 4 is 28.8 Å². The lowest BCUT2D eigenvalue weighted by Crippen LogP contribution is -2.34. The number of anilines is 1. The molecule has 1 N–H and O–H groups in total. The number of rotatable bonds is 8. The Bertz CT molecular complexity index is 841. The molecule has 0 saturated heterocycles. The molecule has 28 heavy (non-hydrogen) atoms. The van der Waals surface area contributed by atoms with Crippen LogP contribution in [0.25, 0.3) is 0 Å². The summed E-state index contributed by atoms with van der Waals surface area (Å²) in [7, 11) is 1.65. The van der Waals surface area contributed by atoms with Crippen molar-refractivity contribution in [2.45, 2.75) is 33.1 Å². The van der Waals surface area contributed by atoms with Gasteiger partial charge < -0.3 is 19.7 Å². The van der Waals surface area contributed by atoms with Gasteiger partial charge in [0.05, 0.1) is 24.6 Å². The van der Waals surface area contributed by atoms with Gasteiger partial charge in [0.1, 0.15) is 0 Å². The number of aryl methyl sites for hydroxylation is 2. The van der Waals surface area contributed by atoms with E-state index in [1.807, 2.05) is 19.9 Å². The standard InChI is InChI=1S/C21H26N2O4S/c1-4-26-16-10-9-15(12-17(16)27-5-2)22-20(24)13-23(3)21(25)19-11-14-7-6-8-18(14)28-19/h9-12H,4-8,13H2,1-3H3,(H,22,24). The fourth-order valence-corrected chi connectivity index (χ4v) is 4.49. The monoisotopic (exact) mass is 402 g/mol. The van der Waals surface area contributed by atoms with Crippen molar-refractivity contribution in [2.24, 2.45) is 0 Å². The highest BCUT2D eigenvalue weighted by Crippen LogP contribution is 2.32. The van der Waals surface area contributed by atoms with Gasteiger partial charge in [-0.25, -0.2) is 0 Å². The van der Waals surface area contributed by atoms with Crippen molar-refractivity contribution in [2.75, 3.05) is 32.1 Å². The fourth-order valence-electron chi connectivity index (χ4n) is 3.24. The number of benzene rings is 1. The number of fused-ring (bicyclic) bond motifs is 1. The average molecular weight is 403 g/mol. The molecule has 0 saturated carbocycles. The van der Waals surface area contributed by atoms with Crippen molar-refractivity contribution in [3.05, 3.63) is 39.6 Å². The largest absolute Gasteiger partial charge is 0.490 e. The van der Waals surface area contributed by atoms with Gasteiger partial charge in [0.25, 0.3) is 5.91 Å². The molecule has 2 amide bonds. The van der Waals surface area contributed by atoms with Crippen LogP contribution in [-0.2, 0) is 17.6 Å². The lowest BCUT2D eigenvalue weighted by molar-refractivity contribution is -0.116. The van der Waals surface area contributed by atoms with E-state index < -0.39 is 0 Å². The third kappa shape index (κ3) is 4.65. The quantitative estimate of drug-likeness (QED) is 0.730. The van der Waals surface area contributed by atoms with E-state index in [1.165, 1.54) is 21.8 Å². The minimum atomic E-state index is -0.258. The zero-order valence-corrected chi connectivity index (χ0v) is 17.4. The maximum absolute atomic E-state index is 12.6. The van der Waals surface area contributed by atoms with Gasteiger partial charge in [-0.3, -0.25) is 9.59 Å². The van der Waals surface area contributed by atoms with Gasteiger partial charge >= 0.3 is 0 Å². The van der Waals surface area contributed by atoms with Gasteiger partial charge in [-0.15, -0.1) is 11.3 Å². The zero-order chi connectivity index (χ0) is 20.1. The van der Waals surface area contributed by atoms with E-state index in [4.69, 9.17) is 9.47 Å². The molecule has 7 heteroatoms. The van der Waals surface area contributed by atoms with Crippen LogP contribution in [-0.4, -0.2) is 43.5 Å². The van der Waals surface area contributed by atoms with Crippen LogP contribution in [0.4, 0.5) is 5.69 Å². The smallest absolute Gasteiger partial charge is 0.264 e. The first-order valence-electron chi connectivity index (χ1n) is 9.58. The molecule has 2 aromatic rings. The molecule has 1 aromatic carbocycles. The summed E-state index contributed by atoms with van der Waals surface area (Å²) in [4.78, 5) is 28.5. The Morgan fingerprint density at radius 3 is 2.57 bits per heavy atom. The van der Waals surface area contributed by atoms with E-state index in [9.17, 15) is 9.59 Å². The summed E-state index contributed by atoms with van der Waals surface area (Å²) in [6.07, 6.45) is 3.26. The summed E-state index contributed by atoms with van der Waals surface area (Å²) >= 11 is 1.55. The number of hydrogen-bond acceptors (Lipinski definition) is 5. The number of carbonyl (C=O) groups is 2. The second-order valence-electron chi connectivity index (χ2n) is 6.65. The highest BCUT2D eigenvalue weighted by Gasteiger charge is 2.22. The predicted octanol–water partition coefficient (Wildman–Crippen LogP) is 3.74. The van der Waals surface area contributed by atoms with E-state index in [-0.39, 0.29) is 18.4 Å². The van der Waals surface area contributed by atoms with Crippen molar-refractivity contribution in [1.82, 2.24) is 4.90 Å². The maximum atomic E-state index is 12.6. The molecule has 1 heterocycles. The Hall–Kier alpha value is -2.54. The van der Waals surface area contributed by atoms with Gasteiger partial charge in [-0.05, 0) is 56.9 Å². The summed E-state index contributed by atoms with van der Waals surface area (Å²) < 4.78 is 11.1. The first-order chi connectivity index (χ1) is 13.5. The number of likely N-dealkylation sites (N-methyl/N-ethyl adjacent to an activating group) is 1. The van der Waals surface area contributed by atoms with Crippen LogP contribution in [0.3, 0.4) is 0 Å². The zero-order valence-electron chi connectivity index (χ0n) is 16.5. The molecular weight excluding hydrogens is 376 g/mol. The van der Waals surface area contributed by atoms with E-state index in [2.05, 4.69) is 5.32 Å². The number of ether oxygens (including phenoxy) is 2. The highest BCUT2D eigenvalue weighted by atomic mass is 32.1. The number of carbonyl (C=O) groups excluding carboxylic acids is 2. The third-order valence-corrected chi connectivity index (χ3v) is 5.74. The van der Waals surface area contributed by atoms with Crippen LogP contribution in [0.2, 0.25) is 0 Å². The molecule has 3 rings (SSSR count). The van der Waals surface area contributed by atoms with Crippen molar-refractivity contribution in [3.8, 4) is 11.5 Å². The molecule has 0 bridgehead atoms. The SMILES string of the molecule is CCOc1ccc(NC(=O)CN(C)C(=O)c2cc3c(s2)CCC3)cc1OCC. The number of hydrogen-bond donors (Lipinski definition) is 1. The molecule has 0 atom stereocenters. The van der Waals surface area contributed by atoms with E-state index >= 15 is 0 Å². The number of thiophene rings is 1. The van der Waals surface area contributed by atoms with Gasteiger partial charge in [-0.1, -0.05) is 0 Å². The molecular formula is C21H26N2O4S. The lowest BCUT2D eigenvalue weighted by atomic mass is 10.2. The lowest BCUT2D eigenvalue weighted by Gasteiger charge is -2.17. The predicted molar refractivity (Wildman–Crippen MR) is 111 cm³/mol. The summed E-state index contributed by atoms with van der Waals surface area (Å²) in [6.45, 7) is 4.81. The number of amides is 2. The average Bonchev–Trinajstić information content (AvgIpc) is 3.25. The summed E-state index contributed by atoms with van der Waals surface area (Å²) in [6, 6.07) is 7.24. The minimum absolute atomic E-state index is 0.0153. The topological polar surface area (TPSA) is 67.9 Å².